The van der Waals surface area contributed by atoms with E-state index in [0.29, 0.717) is 17.2 Å². The molecule has 0 aliphatic carbocycles. The van der Waals surface area contributed by atoms with E-state index in [9.17, 15) is 0 Å². The predicted molar refractivity (Wildman–Crippen MR) is 54.1 cm³/mol. The lowest BCUT2D eigenvalue weighted by molar-refractivity contribution is 0.174. The molecule has 4 heteroatoms. The second kappa shape index (κ2) is 3.70. The van der Waals surface area contributed by atoms with Gasteiger partial charge in [0.05, 0.1) is 12.7 Å². The van der Waals surface area contributed by atoms with Gasteiger partial charge in [0.15, 0.2) is 11.5 Å². The molecule has 0 saturated carbocycles. The topological polar surface area (TPSA) is 32.0 Å². The number of rotatable bonds is 2. The molecule has 0 N–H and O–H groups in total. The number of nitrogens with zero attached hydrogens (tertiary/aromatic N) is 1. The molecule has 1 aromatic rings. The van der Waals surface area contributed by atoms with Gasteiger partial charge >= 0.3 is 0 Å². The van der Waals surface area contributed by atoms with E-state index in [-0.39, 0.29) is 12.8 Å². The van der Waals surface area contributed by atoms with Gasteiger partial charge in [0, 0.05) is 13.0 Å². The largest absolute Gasteiger partial charge is 0.496 e. The first-order valence-corrected chi connectivity index (χ1v) is 4.60. The summed E-state index contributed by atoms with van der Waals surface area (Å²) in [6.07, 6.45) is 0. The van der Waals surface area contributed by atoms with Crippen LogP contribution in [0.25, 0.3) is 4.85 Å². The Labute approximate surface area is 88.2 Å². The standard InChI is InChI=1S/C11H11NO3/c1-7(12-2)8-4-10-11(15-6-14-10)5-9(8)13-3/h4-5,7H,6H2,1,3H3. The summed E-state index contributed by atoms with van der Waals surface area (Å²) in [7, 11) is 1.58. The summed E-state index contributed by atoms with van der Waals surface area (Å²) in [5, 5.41) is 0. The van der Waals surface area contributed by atoms with Gasteiger partial charge in [-0.2, -0.15) is 0 Å². The maximum atomic E-state index is 7.01. The van der Waals surface area contributed by atoms with Crippen molar-refractivity contribution >= 4 is 0 Å². The lowest BCUT2D eigenvalue weighted by Crippen LogP contribution is -1.94. The summed E-state index contributed by atoms with van der Waals surface area (Å²) in [6, 6.07) is 3.33. The van der Waals surface area contributed by atoms with Crippen molar-refractivity contribution in [1.29, 1.82) is 0 Å². The van der Waals surface area contributed by atoms with Crippen molar-refractivity contribution in [2.75, 3.05) is 13.9 Å². The minimum atomic E-state index is -0.241. The van der Waals surface area contributed by atoms with Crippen molar-refractivity contribution < 1.29 is 14.2 Å². The lowest BCUT2D eigenvalue weighted by Gasteiger charge is -2.08. The van der Waals surface area contributed by atoms with E-state index in [1.807, 2.05) is 13.0 Å². The smallest absolute Gasteiger partial charge is 0.249 e. The van der Waals surface area contributed by atoms with Crippen LogP contribution in [0.2, 0.25) is 0 Å². The van der Waals surface area contributed by atoms with Gasteiger partial charge in [-0.3, -0.25) is 0 Å². The molecule has 0 fully saturated rings. The quantitative estimate of drug-likeness (QED) is 0.695. The molecule has 0 saturated heterocycles. The Morgan fingerprint density at radius 1 is 1.40 bits per heavy atom. The van der Waals surface area contributed by atoms with Crippen LogP contribution in [-0.2, 0) is 0 Å². The van der Waals surface area contributed by atoms with Gasteiger partial charge in [-0.15, -0.1) is 0 Å². The van der Waals surface area contributed by atoms with Crippen molar-refractivity contribution in [3.8, 4) is 17.2 Å². The first-order chi connectivity index (χ1) is 7.26. The maximum Gasteiger partial charge on any atom is 0.249 e. The first-order valence-electron chi connectivity index (χ1n) is 4.60. The summed E-state index contributed by atoms with van der Waals surface area (Å²) >= 11 is 0. The Kier molecular flexibility index (Phi) is 2.38. The fourth-order valence-corrected chi connectivity index (χ4v) is 1.51. The van der Waals surface area contributed by atoms with E-state index in [1.165, 1.54) is 0 Å². The van der Waals surface area contributed by atoms with Crippen LogP contribution in [0.3, 0.4) is 0 Å². The molecule has 1 heterocycles. The number of ether oxygens (including phenoxy) is 3. The molecule has 0 radical (unpaired) electrons. The molecule has 4 nitrogen and oxygen atoms in total. The van der Waals surface area contributed by atoms with Crippen molar-refractivity contribution in [3.05, 3.63) is 29.1 Å². The van der Waals surface area contributed by atoms with Crippen LogP contribution in [0.4, 0.5) is 0 Å². The molecule has 78 valence electrons. The minimum absolute atomic E-state index is 0.230. The van der Waals surface area contributed by atoms with Crippen LogP contribution in [0, 0.1) is 6.57 Å². The SMILES string of the molecule is [C-]#[N+]C(C)c1cc2c(cc1OC)OCO2. The van der Waals surface area contributed by atoms with Crippen LogP contribution >= 0.6 is 0 Å². The average molecular weight is 205 g/mol. The van der Waals surface area contributed by atoms with Crippen LogP contribution in [0.5, 0.6) is 17.2 Å². The molecule has 1 aromatic carbocycles. The third-order valence-corrected chi connectivity index (χ3v) is 2.37. The number of methoxy groups -OCH3 is 1. The molecule has 0 amide bonds. The summed E-state index contributed by atoms with van der Waals surface area (Å²) in [6.45, 7) is 9.07. The molecule has 0 aromatic heterocycles. The predicted octanol–water partition coefficient (Wildman–Crippen LogP) is 2.40. The second-order valence-electron chi connectivity index (χ2n) is 3.25. The summed E-state index contributed by atoms with van der Waals surface area (Å²) in [4.78, 5) is 3.47. The van der Waals surface area contributed by atoms with E-state index < -0.39 is 0 Å². The zero-order valence-electron chi connectivity index (χ0n) is 8.61. The lowest BCUT2D eigenvalue weighted by atomic mass is 10.1. The van der Waals surface area contributed by atoms with Crippen molar-refractivity contribution in [3.63, 3.8) is 0 Å². The fourth-order valence-electron chi connectivity index (χ4n) is 1.51. The van der Waals surface area contributed by atoms with Gasteiger partial charge in [-0.05, 0) is 6.07 Å². The minimum Gasteiger partial charge on any atom is -0.496 e. The summed E-state index contributed by atoms with van der Waals surface area (Å²) in [5.41, 5.74) is 0.830. The molecular weight excluding hydrogens is 194 g/mol. The van der Waals surface area contributed by atoms with Gasteiger partial charge in [0.1, 0.15) is 5.75 Å². The summed E-state index contributed by atoms with van der Waals surface area (Å²) < 4.78 is 15.7. The second-order valence-corrected chi connectivity index (χ2v) is 3.25. The van der Waals surface area contributed by atoms with Gasteiger partial charge in [-0.25, -0.2) is 6.57 Å². The molecule has 0 spiro atoms. The van der Waals surface area contributed by atoms with Crippen LogP contribution in [0.1, 0.15) is 18.5 Å². The molecule has 1 aliphatic rings. The molecule has 0 bridgehead atoms. The van der Waals surface area contributed by atoms with Crippen LogP contribution in [0.15, 0.2) is 12.1 Å². The fraction of sp³-hybridized carbons (Fsp3) is 0.364. The Bertz CT molecular complexity index is 423. The van der Waals surface area contributed by atoms with Crippen molar-refractivity contribution in [1.82, 2.24) is 0 Å². The summed E-state index contributed by atoms with van der Waals surface area (Å²) in [5.74, 6) is 2.02. The van der Waals surface area contributed by atoms with E-state index in [1.54, 1.807) is 13.2 Å². The molecule has 1 atom stereocenters. The molecular formula is C11H11NO3. The highest BCUT2D eigenvalue weighted by atomic mass is 16.7. The maximum absolute atomic E-state index is 7.01. The van der Waals surface area contributed by atoms with Crippen molar-refractivity contribution in [2.24, 2.45) is 0 Å². The Morgan fingerprint density at radius 2 is 2.07 bits per heavy atom. The van der Waals surface area contributed by atoms with Crippen LogP contribution in [-0.4, -0.2) is 13.9 Å². The van der Waals surface area contributed by atoms with Gasteiger partial charge in [-0.1, -0.05) is 0 Å². The highest BCUT2D eigenvalue weighted by Crippen LogP contribution is 2.40. The van der Waals surface area contributed by atoms with Crippen molar-refractivity contribution in [2.45, 2.75) is 13.0 Å². The Hall–Kier alpha value is -1.89. The molecule has 1 unspecified atom stereocenters. The van der Waals surface area contributed by atoms with E-state index in [2.05, 4.69) is 4.85 Å². The van der Waals surface area contributed by atoms with E-state index in [0.717, 1.165) is 5.56 Å². The van der Waals surface area contributed by atoms with E-state index in [4.69, 9.17) is 20.8 Å². The number of fused-ring (bicyclic) bond motifs is 1. The normalized spacial score (nSPS) is 14.5. The van der Waals surface area contributed by atoms with Gasteiger partial charge in [0.25, 0.3) is 0 Å². The number of hydrogen-bond donors (Lipinski definition) is 0. The zero-order valence-corrected chi connectivity index (χ0v) is 8.61. The molecule has 1 aliphatic heterocycles. The molecule has 15 heavy (non-hydrogen) atoms. The zero-order chi connectivity index (χ0) is 10.8. The highest BCUT2D eigenvalue weighted by molar-refractivity contribution is 5.53. The van der Waals surface area contributed by atoms with Gasteiger partial charge in [0.2, 0.25) is 12.8 Å². The first kappa shape index (κ1) is 9.66. The molecule has 2 rings (SSSR count). The Balaban J connectivity index is 2.50. The average Bonchev–Trinajstić information content (AvgIpc) is 2.73. The third-order valence-electron chi connectivity index (χ3n) is 2.37. The number of hydrogen-bond acceptors (Lipinski definition) is 3. The van der Waals surface area contributed by atoms with E-state index >= 15 is 0 Å². The van der Waals surface area contributed by atoms with Crippen LogP contribution < -0.4 is 14.2 Å². The Morgan fingerprint density at radius 3 is 2.67 bits per heavy atom. The monoisotopic (exact) mass is 205 g/mol. The van der Waals surface area contributed by atoms with Gasteiger partial charge < -0.3 is 19.1 Å². The third kappa shape index (κ3) is 1.57. The highest BCUT2D eigenvalue weighted by Gasteiger charge is 2.22. The number of benzene rings is 1.